The van der Waals surface area contributed by atoms with Gasteiger partial charge in [0, 0.05) is 26.4 Å². The standard InChI is InChI=1S/C13H18N2O2/c1-17-10-11-4-3-7-15(8-11)13-12(9-16)5-2-6-14-13/h2,5-6,9,11H,3-4,7-8,10H2,1H3. The molecule has 1 aromatic heterocycles. The van der Waals surface area contributed by atoms with Crippen molar-refractivity contribution in [2.24, 2.45) is 5.92 Å². The van der Waals surface area contributed by atoms with Crippen LogP contribution in [0.4, 0.5) is 5.82 Å². The number of methoxy groups -OCH3 is 1. The van der Waals surface area contributed by atoms with E-state index in [9.17, 15) is 4.79 Å². The Morgan fingerprint density at radius 2 is 2.53 bits per heavy atom. The molecule has 1 aromatic rings. The third-order valence-electron chi connectivity index (χ3n) is 3.16. The number of piperidine rings is 1. The Morgan fingerprint density at radius 1 is 1.65 bits per heavy atom. The maximum atomic E-state index is 11.0. The molecule has 0 aromatic carbocycles. The number of hydrogen-bond donors (Lipinski definition) is 0. The number of carbonyl (C=O) groups excluding carboxylic acids is 1. The van der Waals surface area contributed by atoms with E-state index in [1.165, 1.54) is 6.42 Å². The number of carbonyl (C=O) groups is 1. The van der Waals surface area contributed by atoms with Gasteiger partial charge in [-0.15, -0.1) is 0 Å². The van der Waals surface area contributed by atoms with Gasteiger partial charge in [-0.05, 0) is 30.9 Å². The Balaban J connectivity index is 2.13. The van der Waals surface area contributed by atoms with Crippen LogP contribution in [0.25, 0.3) is 0 Å². The lowest BCUT2D eigenvalue weighted by Gasteiger charge is -2.33. The molecule has 0 bridgehead atoms. The van der Waals surface area contributed by atoms with E-state index in [4.69, 9.17) is 4.74 Å². The van der Waals surface area contributed by atoms with E-state index in [0.717, 1.165) is 38.2 Å². The van der Waals surface area contributed by atoms with E-state index in [1.54, 1.807) is 19.4 Å². The number of aromatic nitrogens is 1. The van der Waals surface area contributed by atoms with Gasteiger partial charge >= 0.3 is 0 Å². The molecule has 4 nitrogen and oxygen atoms in total. The predicted octanol–water partition coefficient (Wildman–Crippen LogP) is 1.76. The smallest absolute Gasteiger partial charge is 0.153 e. The van der Waals surface area contributed by atoms with Crippen molar-refractivity contribution in [2.45, 2.75) is 12.8 Å². The monoisotopic (exact) mass is 234 g/mol. The third-order valence-corrected chi connectivity index (χ3v) is 3.16. The maximum absolute atomic E-state index is 11.0. The summed E-state index contributed by atoms with van der Waals surface area (Å²) >= 11 is 0. The topological polar surface area (TPSA) is 42.4 Å². The summed E-state index contributed by atoms with van der Waals surface area (Å²) < 4.78 is 5.21. The fraction of sp³-hybridized carbons (Fsp3) is 0.538. The molecule has 0 aliphatic carbocycles. The van der Waals surface area contributed by atoms with Crippen LogP contribution >= 0.6 is 0 Å². The van der Waals surface area contributed by atoms with Gasteiger partial charge in [0.1, 0.15) is 5.82 Å². The molecule has 1 aliphatic heterocycles. The fourth-order valence-corrected chi connectivity index (χ4v) is 2.39. The average Bonchev–Trinajstić information content (AvgIpc) is 2.39. The second-order valence-electron chi connectivity index (χ2n) is 4.44. The van der Waals surface area contributed by atoms with Gasteiger partial charge in [-0.3, -0.25) is 4.79 Å². The van der Waals surface area contributed by atoms with Crippen LogP contribution in [0.1, 0.15) is 23.2 Å². The molecule has 1 aliphatic rings. The second kappa shape index (κ2) is 5.77. The van der Waals surface area contributed by atoms with Gasteiger partial charge in [0.2, 0.25) is 0 Å². The minimum atomic E-state index is 0.537. The summed E-state index contributed by atoms with van der Waals surface area (Å²) in [5.41, 5.74) is 0.672. The summed E-state index contributed by atoms with van der Waals surface area (Å²) in [6, 6.07) is 3.61. The van der Waals surface area contributed by atoms with Crippen LogP contribution in [0.2, 0.25) is 0 Å². The molecule has 4 heteroatoms. The van der Waals surface area contributed by atoms with Gasteiger partial charge < -0.3 is 9.64 Å². The highest BCUT2D eigenvalue weighted by atomic mass is 16.5. The molecule has 1 saturated heterocycles. The van der Waals surface area contributed by atoms with E-state index >= 15 is 0 Å². The van der Waals surface area contributed by atoms with Crippen molar-refractivity contribution in [3.05, 3.63) is 23.9 Å². The van der Waals surface area contributed by atoms with Crippen molar-refractivity contribution in [3.63, 3.8) is 0 Å². The molecule has 1 atom stereocenters. The first-order chi connectivity index (χ1) is 8.35. The zero-order chi connectivity index (χ0) is 12.1. The quantitative estimate of drug-likeness (QED) is 0.744. The summed E-state index contributed by atoms with van der Waals surface area (Å²) in [6.07, 6.45) is 4.93. The first-order valence-electron chi connectivity index (χ1n) is 5.99. The number of rotatable bonds is 4. The van der Waals surface area contributed by atoms with Crippen LogP contribution in [0.5, 0.6) is 0 Å². The molecule has 1 fully saturated rings. The summed E-state index contributed by atoms with van der Waals surface area (Å²) in [7, 11) is 1.73. The van der Waals surface area contributed by atoms with Crippen LogP contribution in [0.3, 0.4) is 0 Å². The van der Waals surface area contributed by atoms with E-state index in [2.05, 4.69) is 9.88 Å². The molecular formula is C13H18N2O2. The molecule has 0 spiro atoms. The SMILES string of the molecule is COCC1CCCN(c2ncccc2C=O)C1. The van der Waals surface area contributed by atoms with Gasteiger partial charge in [-0.1, -0.05) is 0 Å². The van der Waals surface area contributed by atoms with Crippen LogP contribution in [0.15, 0.2) is 18.3 Å². The Kier molecular flexibility index (Phi) is 4.09. The van der Waals surface area contributed by atoms with Gasteiger partial charge in [0.25, 0.3) is 0 Å². The highest BCUT2D eigenvalue weighted by Gasteiger charge is 2.22. The highest BCUT2D eigenvalue weighted by molar-refractivity contribution is 5.82. The largest absolute Gasteiger partial charge is 0.384 e. The zero-order valence-electron chi connectivity index (χ0n) is 10.1. The summed E-state index contributed by atoms with van der Waals surface area (Å²) in [6.45, 7) is 2.67. The number of anilines is 1. The van der Waals surface area contributed by atoms with Crippen LogP contribution in [-0.2, 0) is 4.74 Å². The van der Waals surface area contributed by atoms with Gasteiger partial charge in [-0.2, -0.15) is 0 Å². The van der Waals surface area contributed by atoms with Crippen molar-refractivity contribution in [1.82, 2.24) is 4.98 Å². The normalized spacial score (nSPS) is 20.3. The Hall–Kier alpha value is -1.42. The molecule has 0 radical (unpaired) electrons. The second-order valence-corrected chi connectivity index (χ2v) is 4.44. The molecule has 0 amide bonds. The minimum absolute atomic E-state index is 0.537. The minimum Gasteiger partial charge on any atom is -0.384 e. The number of nitrogens with zero attached hydrogens (tertiary/aromatic N) is 2. The Bertz CT molecular complexity index is 379. The Labute approximate surface area is 102 Å². The molecule has 17 heavy (non-hydrogen) atoms. The van der Waals surface area contributed by atoms with Crippen LogP contribution < -0.4 is 4.90 Å². The molecule has 1 unspecified atom stereocenters. The van der Waals surface area contributed by atoms with E-state index in [0.29, 0.717) is 11.5 Å². The number of aldehydes is 1. The summed E-state index contributed by atoms with van der Waals surface area (Å²) in [5.74, 6) is 1.35. The van der Waals surface area contributed by atoms with Gasteiger partial charge in [0.05, 0.1) is 12.2 Å². The number of pyridine rings is 1. The molecular weight excluding hydrogens is 216 g/mol. The van der Waals surface area contributed by atoms with Crippen molar-refractivity contribution >= 4 is 12.1 Å². The van der Waals surface area contributed by atoms with Crippen molar-refractivity contribution < 1.29 is 9.53 Å². The third kappa shape index (κ3) is 2.82. The first kappa shape index (κ1) is 12.0. The molecule has 2 rings (SSSR count). The van der Waals surface area contributed by atoms with Crippen molar-refractivity contribution in [1.29, 1.82) is 0 Å². The molecule has 92 valence electrons. The highest BCUT2D eigenvalue weighted by Crippen LogP contribution is 2.23. The Morgan fingerprint density at radius 3 is 3.29 bits per heavy atom. The average molecular weight is 234 g/mol. The maximum Gasteiger partial charge on any atom is 0.153 e. The van der Waals surface area contributed by atoms with Gasteiger partial charge in [0.15, 0.2) is 6.29 Å². The lowest BCUT2D eigenvalue weighted by molar-refractivity contribution is 0.112. The van der Waals surface area contributed by atoms with Crippen molar-refractivity contribution in [2.75, 3.05) is 31.7 Å². The van der Waals surface area contributed by atoms with Crippen LogP contribution in [-0.4, -0.2) is 38.1 Å². The molecule has 0 saturated carbocycles. The van der Waals surface area contributed by atoms with Crippen molar-refractivity contribution in [3.8, 4) is 0 Å². The predicted molar refractivity (Wildman–Crippen MR) is 66.4 cm³/mol. The first-order valence-corrected chi connectivity index (χ1v) is 5.99. The summed E-state index contributed by atoms with van der Waals surface area (Å²) in [4.78, 5) is 17.5. The van der Waals surface area contributed by atoms with E-state index in [1.807, 2.05) is 6.07 Å². The number of hydrogen-bond acceptors (Lipinski definition) is 4. The lowest BCUT2D eigenvalue weighted by Crippen LogP contribution is -2.38. The molecule has 0 N–H and O–H groups in total. The zero-order valence-corrected chi connectivity index (χ0v) is 10.1. The van der Waals surface area contributed by atoms with E-state index in [-0.39, 0.29) is 0 Å². The van der Waals surface area contributed by atoms with Gasteiger partial charge in [-0.25, -0.2) is 4.98 Å². The lowest BCUT2D eigenvalue weighted by atomic mass is 9.98. The van der Waals surface area contributed by atoms with Crippen LogP contribution in [0, 0.1) is 5.92 Å². The summed E-state index contributed by atoms with van der Waals surface area (Å²) in [5, 5.41) is 0. The fourth-order valence-electron chi connectivity index (χ4n) is 2.39. The molecule has 2 heterocycles. The number of ether oxygens (including phenoxy) is 1. The van der Waals surface area contributed by atoms with E-state index < -0.39 is 0 Å².